The SMILES string of the molecule is CCNc1ncccc1C(=O)Nc1cnoc1. The summed E-state index contributed by atoms with van der Waals surface area (Å²) in [5.74, 6) is 0.307. The summed E-state index contributed by atoms with van der Waals surface area (Å²) >= 11 is 0. The first-order valence-electron chi connectivity index (χ1n) is 5.21. The Morgan fingerprint density at radius 3 is 3.12 bits per heavy atom. The summed E-state index contributed by atoms with van der Waals surface area (Å²) in [5, 5.41) is 9.19. The van der Waals surface area contributed by atoms with Gasteiger partial charge in [0, 0.05) is 12.7 Å². The van der Waals surface area contributed by atoms with Crippen LogP contribution in [-0.2, 0) is 0 Å². The number of carbonyl (C=O) groups is 1. The minimum atomic E-state index is -0.253. The van der Waals surface area contributed by atoms with E-state index in [1.54, 1.807) is 18.3 Å². The van der Waals surface area contributed by atoms with Crippen LogP contribution in [0.5, 0.6) is 0 Å². The van der Waals surface area contributed by atoms with Gasteiger partial charge < -0.3 is 15.2 Å². The highest BCUT2D eigenvalue weighted by molar-refractivity contribution is 6.07. The van der Waals surface area contributed by atoms with Crippen LogP contribution in [-0.4, -0.2) is 22.6 Å². The lowest BCUT2D eigenvalue weighted by molar-refractivity contribution is 0.102. The van der Waals surface area contributed by atoms with Crippen LogP contribution in [0.25, 0.3) is 0 Å². The maximum atomic E-state index is 11.9. The second kappa shape index (κ2) is 5.11. The molecule has 0 saturated carbocycles. The molecule has 0 spiro atoms. The molecular weight excluding hydrogens is 220 g/mol. The number of anilines is 2. The normalized spacial score (nSPS) is 9.94. The number of aromatic nitrogens is 2. The predicted octanol–water partition coefficient (Wildman–Crippen LogP) is 1.75. The van der Waals surface area contributed by atoms with Gasteiger partial charge in [-0.05, 0) is 19.1 Å². The van der Waals surface area contributed by atoms with Gasteiger partial charge in [0.15, 0.2) is 0 Å². The molecule has 1 amide bonds. The summed E-state index contributed by atoms with van der Waals surface area (Å²) in [6.07, 6.45) is 4.43. The van der Waals surface area contributed by atoms with E-state index in [1.165, 1.54) is 12.5 Å². The van der Waals surface area contributed by atoms with Gasteiger partial charge in [-0.2, -0.15) is 0 Å². The third kappa shape index (κ3) is 2.60. The van der Waals surface area contributed by atoms with Crippen LogP contribution in [0.1, 0.15) is 17.3 Å². The molecule has 0 fully saturated rings. The number of amides is 1. The van der Waals surface area contributed by atoms with Crippen molar-refractivity contribution in [1.29, 1.82) is 0 Å². The Morgan fingerprint density at radius 2 is 2.41 bits per heavy atom. The van der Waals surface area contributed by atoms with E-state index in [-0.39, 0.29) is 5.91 Å². The van der Waals surface area contributed by atoms with Gasteiger partial charge in [0.2, 0.25) is 0 Å². The lowest BCUT2D eigenvalue weighted by Crippen LogP contribution is -2.15. The third-order valence-corrected chi connectivity index (χ3v) is 2.09. The van der Waals surface area contributed by atoms with E-state index in [4.69, 9.17) is 0 Å². The Kier molecular flexibility index (Phi) is 3.34. The van der Waals surface area contributed by atoms with Crippen LogP contribution >= 0.6 is 0 Å². The van der Waals surface area contributed by atoms with Crippen LogP contribution in [0.3, 0.4) is 0 Å². The minimum Gasteiger partial charge on any atom is -0.370 e. The van der Waals surface area contributed by atoms with Crippen LogP contribution < -0.4 is 10.6 Å². The molecular formula is C11H12N4O2. The van der Waals surface area contributed by atoms with Gasteiger partial charge >= 0.3 is 0 Å². The topological polar surface area (TPSA) is 80.0 Å². The molecule has 0 radical (unpaired) electrons. The zero-order valence-electron chi connectivity index (χ0n) is 9.30. The Bertz CT molecular complexity index is 496. The molecule has 2 aromatic rings. The van der Waals surface area contributed by atoms with Crippen molar-refractivity contribution in [2.45, 2.75) is 6.92 Å². The molecule has 2 heterocycles. The molecule has 6 nitrogen and oxygen atoms in total. The molecule has 0 aliphatic rings. The van der Waals surface area contributed by atoms with E-state index in [0.717, 1.165) is 0 Å². The number of nitrogens with zero attached hydrogens (tertiary/aromatic N) is 2. The first-order valence-corrected chi connectivity index (χ1v) is 5.21. The maximum absolute atomic E-state index is 11.9. The van der Waals surface area contributed by atoms with Crippen molar-refractivity contribution in [2.24, 2.45) is 0 Å². The molecule has 88 valence electrons. The standard InChI is InChI=1S/C11H12N4O2/c1-2-12-10-9(4-3-5-13-10)11(16)15-8-6-14-17-7-8/h3-7H,2H2,1H3,(H,12,13)(H,15,16). The fourth-order valence-corrected chi connectivity index (χ4v) is 1.36. The largest absolute Gasteiger partial charge is 0.370 e. The number of pyridine rings is 1. The average Bonchev–Trinajstić information content (AvgIpc) is 2.83. The second-order valence-electron chi connectivity index (χ2n) is 3.30. The summed E-state index contributed by atoms with van der Waals surface area (Å²) in [5.41, 5.74) is 0.997. The summed E-state index contributed by atoms with van der Waals surface area (Å²) in [4.78, 5) is 16.1. The number of rotatable bonds is 4. The van der Waals surface area contributed by atoms with E-state index in [0.29, 0.717) is 23.6 Å². The first kappa shape index (κ1) is 11.1. The lowest BCUT2D eigenvalue weighted by atomic mass is 10.2. The fraction of sp³-hybridized carbons (Fsp3) is 0.182. The highest BCUT2D eigenvalue weighted by atomic mass is 16.5. The minimum absolute atomic E-state index is 0.253. The quantitative estimate of drug-likeness (QED) is 0.839. The summed E-state index contributed by atoms with van der Waals surface area (Å²) in [6, 6.07) is 3.41. The van der Waals surface area contributed by atoms with Gasteiger partial charge in [-0.25, -0.2) is 4.98 Å². The molecule has 0 aromatic carbocycles. The van der Waals surface area contributed by atoms with Crippen molar-refractivity contribution in [2.75, 3.05) is 17.2 Å². The van der Waals surface area contributed by atoms with E-state index in [2.05, 4.69) is 25.3 Å². The van der Waals surface area contributed by atoms with Crippen LogP contribution in [0.15, 0.2) is 35.3 Å². The fourth-order valence-electron chi connectivity index (χ4n) is 1.36. The molecule has 17 heavy (non-hydrogen) atoms. The van der Waals surface area contributed by atoms with Crippen molar-refractivity contribution < 1.29 is 9.32 Å². The molecule has 2 rings (SSSR count). The van der Waals surface area contributed by atoms with Gasteiger partial charge in [-0.15, -0.1) is 0 Å². The van der Waals surface area contributed by atoms with E-state index < -0.39 is 0 Å². The lowest BCUT2D eigenvalue weighted by Gasteiger charge is -2.08. The Balaban J connectivity index is 2.18. The number of hydrogen-bond acceptors (Lipinski definition) is 5. The highest BCUT2D eigenvalue weighted by Gasteiger charge is 2.12. The van der Waals surface area contributed by atoms with Gasteiger partial charge in [-0.3, -0.25) is 4.79 Å². The Labute approximate surface area is 98.0 Å². The maximum Gasteiger partial charge on any atom is 0.259 e. The monoisotopic (exact) mass is 232 g/mol. The Hall–Kier alpha value is -2.37. The van der Waals surface area contributed by atoms with Gasteiger partial charge in [-0.1, -0.05) is 5.16 Å². The van der Waals surface area contributed by atoms with Crippen LogP contribution in [0.2, 0.25) is 0 Å². The number of hydrogen-bond donors (Lipinski definition) is 2. The first-order chi connectivity index (χ1) is 8.31. The molecule has 0 aliphatic carbocycles. The summed E-state index contributed by atoms with van der Waals surface area (Å²) < 4.78 is 4.63. The van der Waals surface area contributed by atoms with Crippen molar-refractivity contribution in [1.82, 2.24) is 10.1 Å². The molecule has 0 saturated heterocycles. The van der Waals surface area contributed by atoms with E-state index in [9.17, 15) is 4.79 Å². The number of carbonyl (C=O) groups excluding carboxylic acids is 1. The summed E-state index contributed by atoms with van der Waals surface area (Å²) in [6.45, 7) is 2.64. The zero-order valence-corrected chi connectivity index (χ0v) is 9.30. The van der Waals surface area contributed by atoms with Gasteiger partial charge in [0.25, 0.3) is 5.91 Å². The van der Waals surface area contributed by atoms with E-state index in [1.807, 2.05) is 6.92 Å². The van der Waals surface area contributed by atoms with Crippen molar-refractivity contribution in [3.8, 4) is 0 Å². The third-order valence-electron chi connectivity index (χ3n) is 2.09. The average molecular weight is 232 g/mol. The van der Waals surface area contributed by atoms with Crippen LogP contribution in [0, 0.1) is 0 Å². The second-order valence-corrected chi connectivity index (χ2v) is 3.30. The Morgan fingerprint density at radius 1 is 1.53 bits per heavy atom. The smallest absolute Gasteiger partial charge is 0.259 e. The number of nitrogens with one attached hydrogen (secondary N) is 2. The van der Waals surface area contributed by atoms with Crippen molar-refractivity contribution in [3.63, 3.8) is 0 Å². The zero-order chi connectivity index (χ0) is 12.1. The van der Waals surface area contributed by atoms with E-state index >= 15 is 0 Å². The van der Waals surface area contributed by atoms with Gasteiger partial charge in [0.1, 0.15) is 17.8 Å². The molecule has 0 unspecified atom stereocenters. The molecule has 0 atom stereocenters. The van der Waals surface area contributed by atoms with Crippen LogP contribution in [0.4, 0.5) is 11.5 Å². The van der Waals surface area contributed by atoms with Gasteiger partial charge in [0.05, 0.1) is 11.8 Å². The molecule has 6 heteroatoms. The highest BCUT2D eigenvalue weighted by Crippen LogP contribution is 2.14. The molecule has 0 bridgehead atoms. The van der Waals surface area contributed by atoms with Crippen molar-refractivity contribution in [3.05, 3.63) is 36.4 Å². The van der Waals surface area contributed by atoms with Crippen molar-refractivity contribution >= 4 is 17.4 Å². The molecule has 2 aromatic heterocycles. The molecule has 0 aliphatic heterocycles. The summed E-state index contributed by atoms with van der Waals surface area (Å²) in [7, 11) is 0. The molecule has 2 N–H and O–H groups in total. The predicted molar refractivity (Wildman–Crippen MR) is 62.9 cm³/mol.